The highest BCUT2D eigenvalue weighted by atomic mass is 16.5. The zero-order chi connectivity index (χ0) is 19.6. The first-order valence-corrected chi connectivity index (χ1v) is 8.29. The molecule has 1 N–H and O–H groups in total. The Morgan fingerprint density at radius 2 is 1.70 bits per heavy atom. The van der Waals surface area contributed by atoms with Gasteiger partial charge in [-0.15, -0.1) is 10.2 Å². The SMILES string of the molecule is CC(=O)c1ccc(NC(=O)C(C)OC(=O)c2ccc3nnc(C)n3c2)cc1. The van der Waals surface area contributed by atoms with Crippen LogP contribution in [0.3, 0.4) is 0 Å². The Bertz CT molecular complexity index is 1020. The number of anilines is 1. The second-order valence-corrected chi connectivity index (χ2v) is 6.06. The van der Waals surface area contributed by atoms with Crippen molar-refractivity contribution >= 4 is 29.0 Å². The lowest BCUT2D eigenvalue weighted by atomic mass is 10.1. The van der Waals surface area contributed by atoms with Gasteiger partial charge in [0.15, 0.2) is 17.5 Å². The Kier molecular flexibility index (Phi) is 4.98. The number of hydrogen-bond acceptors (Lipinski definition) is 6. The van der Waals surface area contributed by atoms with E-state index in [1.54, 1.807) is 53.9 Å². The van der Waals surface area contributed by atoms with Crippen molar-refractivity contribution in [3.8, 4) is 0 Å². The highest BCUT2D eigenvalue weighted by Gasteiger charge is 2.20. The summed E-state index contributed by atoms with van der Waals surface area (Å²) >= 11 is 0. The summed E-state index contributed by atoms with van der Waals surface area (Å²) in [7, 11) is 0. The Labute approximate surface area is 155 Å². The molecule has 27 heavy (non-hydrogen) atoms. The van der Waals surface area contributed by atoms with E-state index < -0.39 is 18.0 Å². The fourth-order valence-corrected chi connectivity index (χ4v) is 2.44. The van der Waals surface area contributed by atoms with Crippen molar-refractivity contribution in [3.05, 3.63) is 59.5 Å². The molecule has 1 atom stereocenters. The second kappa shape index (κ2) is 7.36. The lowest BCUT2D eigenvalue weighted by Crippen LogP contribution is -2.30. The van der Waals surface area contributed by atoms with Gasteiger partial charge in [0, 0.05) is 17.4 Å². The minimum absolute atomic E-state index is 0.0597. The van der Waals surface area contributed by atoms with Gasteiger partial charge in [-0.25, -0.2) is 4.79 Å². The first kappa shape index (κ1) is 18.2. The summed E-state index contributed by atoms with van der Waals surface area (Å²) in [6.45, 7) is 4.72. The molecule has 2 aromatic heterocycles. The van der Waals surface area contributed by atoms with Crippen LogP contribution >= 0.6 is 0 Å². The number of nitrogens with one attached hydrogen (secondary N) is 1. The van der Waals surface area contributed by atoms with Crippen LogP contribution in [0.1, 0.15) is 40.4 Å². The van der Waals surface area contributed by atoms with Crippen LogP contribution in [0.25, 0.3) is 5.65 Å². The lowest BCUT2D eigenvalue weighted by molar-refractivity contribution is -0.123. The Morgan fingerprint density at radius 1 is 1.04 bits per heavy atom. The van der Waals surface area contributed by atoms with Gasteiger partial charge in [0.25, 0.3) is 5.91 Å². The summed E-state index contributed by atoms with van der Waals surface area (Å²) in [5.41, 5.74) is 1.96. The van der Waals surface area contributed by atoms with Gasteiger partial charge in [0.2, 0.25) is 0 Å². The molecule has 8 nitrogen and oxygen atoms in total. The first-order valence-electron chi connectivity index (χ1n) is 8.29. The molecule has 0 radical (unpaired) electrons. The van der Waals surface area contributed by atoms with Gasteiger partial charge < -0.3 is 10.1 Å². The van der Waals surface area contributed by atoms with E-state index in [-0.39, 0.29) is 11.3 Å². The smallest absolute Gasteiger partial charge is 0.340 e. The molecule has 0 bridgehead atoms. The number of hydrogen-bond donors (Lipinski definition) is 1. The van der Waals surface area contributed by atoms with Crippen LogP contribution < -0.4 is 5.32 Å². The predicted octanol–water partition coefficient (Wildman–Crippen LogP) is 2.42. The molecule has 0 fully saturated rings. The molecule has 2 heterocycles. The molecule has 0 aliphatic rings. The minimum atomic E-state index is -0.998. The number of rotatable bonds is 5. The van der Waals surface area contributed by atoms with Gasteiger partial charge >= 0.3 is 5.97 Å². The van der Waals surface area contributed by atoms with E-state index in [0.717, 1.165) is 0 Å². The molecule has 1 unspecified atom stereocenters. The van der Waals surface area contributed by atoms with Gasteiger partial charge in [-0.05, 0) is 57.2 Å². The number of benzene rings is 1. The van der Waals surface area contributed by atoms with Crippen LogP contribution in [0, 0.1) is 6.92 Å². The summed E-state index contributed by atoms with van der Waals surface area (Å²) in [5.74, 6) is -0.519. The van der Waals surface area contributed by atoms with E-state index in [1.807, 2.05) is 0 Å². The van der Waals surface area contributed by atoms with Crippen molar-refractivity contribution in [1.82, 2.24) is 14.6 Å². The number of carbonyl (C=O) groups is 3. The number of carbonyl (C=O) groups excluding carboxylic acids is 3. The maximum Gasteiger partial charge on any atom is 0.340 e. The Morgan fingerprint density at radius 3 is 2.37 bits per heavy atom. The van der Waals surface area contributed by atoms with E-state index >= 15 is 0 Å². The average molecular weight is 366 g/mol. The van der Waals surface area contributed by atoms with E-state index in [4.69, 9.17) is 4.74 Å². The van der Waals surface area contributed by atoms with Gasteiger partial charge in [0.1, 0.15) is 5.82 Å². The van der Waals surface area contributed by atoms with Crippen LogP contribution in [0.2, 0.25) is 0 Å². The number of nitrogens with zero attached hydrogens (tertiary/aromatic N) is 3. The summed E-state index contributed by atoms with van der Waals surface area (Å²) in [6, 6.07) is 9.68. The van der Waals surface area contributed by atoms with Crippen LogP contribution in [0.5, 0.6) is 0 Å². The molecular weight excluding hydrogens is 348 g/mol. The van der Waals surface area contributed by atoms with E-state index in [0.29, 0.717) is 22.7 Å². The van der Waals surface area contributed by atoms with Crippen LogP contribution in [0.15, 0.2) is 42.6 Å². The molecule has 3 rings (SSSR count). The molecule has 1 amide bonds. The van der Waals surface area contributed by atoms with Crippen LogP contribution in [-0.4, -0.2) is 38.4 Å². The number of Topliss-reactive ketones (excluding diaryl/α,β-unsaturated/α-hetero) is 1. The highest BCUT2D eigenvalue weighted by molar-refractivity contribution is 5.98. The van der Waals surface area contributed by atoms with E-state index in [2.05, 4.69) is 15.5 Å². The van der Waals surface area contributed by atoms with Crippen molar-refractivity contribution in [2.75, 3.05) is 5.32 Å². The summed E-state index contributed by atoms with van der Waals surface area (Å²) in [5, 5.41) is 10.5. The van der Waals surface area contributed by atoms with E-state index in [1.165, 1.54) is 13.8 Å². The molecule has 0 aliphatic carbocycles. The maximum absolute atomic E-state index is 12.3. The highest BCUT2D eigenvalue weighted by Crippen LogP contribution is 2.12. The van der Waals surface area contributed by atoms with E-state index in [9.17, 15) is 14.4 Å². The third-order valence-corrected chi connectivity index (χ3v) is 4.02. The van der Waals surface area contributed by atoms with Crippen molar-refractivity contribution in [1.29, 1.82) is 0 Å². The molecule has 0 spiro atoms. The number of fused-ring (bicyclic) bond motifs is 1. The third kappa shape index (κ3) is 4.00. The summed E-state index contributed by atoms with van der Waals surface area (Å²) in [6.07, 6.45) is 0.570. The van der Waals surface area contributed by atoms with Gasteiger partial charge in [0.05, 0.1) is 5.56 Å². The van der Waals surface area contributed by atoms with Crippen molar-refractivity contribution < 1.29 is 19.1 Å². The molecule has 8 heteroatoms. The number of esters is 1. The topological polar surface area (TPSA) is 103 Å². The first-order chi connectivity index (χ1) is 12.8. The van der Waals surface area contributed by atoms with Crippen molar-refractivity contribution in [2.24, 2.45) is 0 Å². The number of aryl methyl sites for hydroxylation is 1. The molecule has 138 valence electrons. The molecule has 0 saturated carbocycles. The molecule has 0 saturated heterocycles. The normalized spacial score (nSPS) is 11.8. The molecule has 0 aliphatic heterocycles. The maximum atomic E-state index is 12.3. The van der Waals surface area contributed by atoms with Gasteiger partial charge in [-0.1, -0.05) is 0 Å². The van der Waals surface area contributed by atoms with Crippen LogP contribution in [-0.2, 0) is 9.53 Å². The quantitative estimate of drug-likeness (QED) is 0.549. The van der Waals surface area contributed by atoms with Gasteiger partial charge in [-0.3, -0.25) is 14.0 Å². The average Bonchev–Trinajstić information content (AvgIpc) is 3.02. The number of pyridine rings is 1. The summed E-state index contributed by atoms with van der Waals surface area (Å²) < 4.78 is 6.90. The standard InChI is InChI=1S/C19H18N4O4/c1-11(24)14-4-7-16(8-5-14)20-18(25)12(2)27-19(26)15-6-9-17-22-21-13(3)23(17)10-15/h4-10,12H,1-3H3,(H,20,25). The largest absolute Gasteiger partial charge is 0.449 e. The zero-order valence-electron chi connectivity index (χ0n) is 15.1. The molecule has 3 aromatic rings. The fraction of sp³-hybridized carbons (Fsp3) is 0.211. The Hall–Kier alpha value is -3.55. The Balaban J connectivity index is 1.65. The summed E-state index contributed by atoms with van der Waals surface area (Å²) in [4.78, 5) is 35.8. The van der Waals surface area contributed by atoms with Crippen molar-refractivity contribution in [3.63, 3.8) is 0 Å². The van der Waals surface area contributed by atoms with Crippen molar-refractivity contribution in [2.45, 2.75) is 26.9 Å². The number of ether oxygens (including phenoxy) is 1. The fourth-order valence-electron chi connectivity index (χ4n) is 2.44. The van der Waals surface area contributed by atoms with Gasteiger partial charge in [-0.2, -0.15) is 0 Å². The molecule has 1 aromatic carbocycles. The van der Waals surface area contributed by atoms with Crippen LogP contribution in [0.4, 0.5) is 5.69 Å². The number of amides is 1. The second-order valence-electron chi connectivity index (χ2n) is 6.06. The number of aromatic nitrogens is 3. The predicted molar refractivity (Wildman–Crippen MR) is 97.7 cm³/mol. The monoisotopic (exact) mass is 366 g/mol. The third-order valence-electron chi connectivity index (χ3n) is 4.02. The lowest BCUT2D eigenvalue weighted by Gasteiger charge is -2.14. The minimum Gasteiger partial charge on any atom is -0.449 e. The zero-order valence-corrected chi connectivity index (χ0v) is 15.1. The number of ketones is 1. The molecular formula is C19H18N4O4.